The smallest absolute Gasteiger partial charge is 0.194 e. The Hall–Kier alpha value is -4.14. The number of rotatable bonds is 4. The normalized spacial score (nSPS) is 17.5. The SMILES string of the molecule is Fc1cc(-c2cc3ccccc3c3c2C[N+](C2CCCCC2)(C2CCCCC2)Cc2c(-c4cc(F)c(F)c(F)c4)cc4ccccc4c2-3)cc(F)c1F.[Br-]. The van der Waals surface area contributed by atoms with E-state index in [2.05, 4.69) is 12.1 Å². The molecule has 8 heteroatoms. The van der Waals surface area contributed by atoms with Gasteiger partial charge in [-0.2, -0.15) is 0 Å². The predicted octanol–water partition coefficient (Wildman–Crippen LogP) is 10.3. The second kappa shape index (κ2) is 14.5. The lowest BCUT2D eigenvalue weighted by Gasteiger charge is -2.52. The highest BCUT2D eigenvalue weighted by atomic mass is 79.9. The molecule has 0 aromatic heterocycles. The van der Waals surface area contributed by atoms with Crippen molar-refractivity contribution in [3.8, 4) is 33.4 Å². The molecule has 0 spiro atoms. The van der Waals surface area contributed by atoms with Gasteiger partial charge in [-0.05, 0) is 132 Å². The molecule has 0 amide bonds. The van der Waals surface area contributed by atoms with Crippen LogP contribution in [0.5, 0.6) is 0 Å². The van der Waals surface area contributed by atoms with E-state index < -0.39 is 34.9 Å². The van der Waals surface area contributed by atoms with E-state index in [-0.39, 0.29) is 40.2 Å². The fraction of sp³-hybridized carbons (Fsp3) is 0.304. The predicted molar refractivity (Wildman–Crippen MR) is 199 cm³/mol. The van der Waals surface area contributed by atoms with E-state index in [9.17, 15) is 8.78 Å². The molecule has 1 nitrogen and oxygen atoms in total. The van der Waals surface area contributed by atoms with Crippen LogP contribution < -0.4 is 17.0 Å². The highest BCUT2D eigenvalue weighted by molar-refractivity contribution is 6.12. The summed E-state index contributed by atoms with van der Waals surface area (Å²) in [5.41, 5.74) is 5.50. The molecule has 1 aliphatic heterocycles. The van der Waals surface area contributed by atoms with Gasteiger partial charge in [-0.3, -0.25) is 0 Å². The van der Waals surface area contributed by atoms with Crippen molar-refractivity contribution in [3.05, 3.63) is 131 Å². The Morgan fingerprint density at radius 2 is 0.796 bits per heavy atom. The van der Waals surface area contributed by atoms with Gasteiger partial charge in [0.2, 0.25) is 0 Å². The van der Waals surface area contributed by atoms with Crippen LogP contribution in [-0.4, -0.2) is 16.6 Å². The van der Waals surface area contributed by atoms with E-state index in [1.165, 1.54) is 0 Å². The third-order valence-corrected chi connectivity index (χ3v) is 12.7. The summed E-state index contributed by atoms with van der Waals surface area (Å²) in [4.78, 5) is 0. The summed E-state index contributed by atoms with van der Waals surface area (Å²) in [5, 5.41) is 3.59. The molecule has 1 heterocycles. The lowest BCUT2D eigenvalue weighted by Crippen LogP contribution is -3.00. The van der Waals surface area contributed by atoms with Gasteiger partial charge in [0.1, 0.15) is 13.1 Å². The Labute approximate surface area is 322 Å². The first-order valence-electron chi connectivity index (χ1n) is 19.0. The van der Waals surface area contributed by atoms with E-state index in [1.54, 1.807) is 0 Å². The minimum absolute atomic E-state index is 0. The Kier molecular flexibility index (Phi) is 9.88. The minimum Gasteiger partial charge on any atom is -1.00 e. The highest BCUT2D eigenvalue weighted by Gasteiger charge is 2.48. The maximum atomic E-state index is 15.2. The summed E-state index contributed by atoms with van der Waals surface area (Å²) in [5.74, 6) is -7.99. The van der Waals surface area contributed by atoms with Crippen molar-refractivity contribution in [2.24, 2.45) is 0 Å². The Morgan fingerprint density at radius 1 is 0.444 bits per heavy atom. The van der Waals surface area contributed by atoms with Crippen LogP contribution in [0.1, 0.15) is 75.3 Å². The van der Waals surface area contributed by atoms with Gasteiger partial charge in [0, 0.05) is 22.3 Å². The lowest BCUT2D eigenvalue weighted by molar-refractivity contribution is -0.999. The molecule has 9 rings (SSSR count). The first-order valence-corrected chi connectivity index (χ1v) is 19.0. The molecule has 6 aromatic rings. The molecule has 2 fully saturated rings. The number of quaternary nitrogens is 1. The highest BCUT2D eigenvalue weighted by Crippen LogP contribution is 2.53. The fourth-order valence-corrected chi connectivity index (χ4v) is 10.3. The lowest BCUT2D eigenvalue weighted by atomic mass is 9.82. The second-order valence-electron chi connectivity index (χ2n) is 15.5. The molecular formula is C46H40BrF6N. The maximum absolute atomic E-state index is 15.2. The fourth-order valence-electron chi connectivity index (χ4n) is 10.3. The summed E-state index contributed by atoms with van der Waals surface area (Å²) >= 11 is 0. The molecule has 6 aromatic carbocycles. The van der Waals surface area contributed by atoms with Crippen LogP contribution in [-0.2, 0) is 13.1 Å². The van der Waals surface area contributed by atoms with Crippen LogP contribution in [0.4, 0.5) is 26.3 Å². The molecule has 54 heavy (non-hydrogen) atoms. The van der Waals surface area contributed by atoms with Gasteiger partial charge in [-0.15, -0.1) is 0 Å². The molecule has 0 radical (unpaired) electrons. The number of fused-ring (bicyclic) bond motifs is 7. The number of nitrogens with zero attached hydrogens (tertiary/aromatic N) is 1. The van der Waals surface area contributed by atoms with Gasteiger partial charge in [-0.1, -0.05) is 61.4 Å². The van der Waals surface area contributed by atoms with E-state index >= 15 is 17.6 Å². The summed E-state index contributed by atoms with van der Waals surface area (Å²) in [6, 6.07) is 24.8. The number of halogens is 7. The Morgan fingerprint density at radius 3 is 1.17 bits per heavy atom. The van der Waals surface area contributed by atoms with Crippen molar-refractivity contribution in [1.29, 1.82) is 0 Å². The average Bonchev–Trinajstić information content (AvgIpc) is 3.35. The van der Waals surface area contributed by atoms with Crippen LogP contribution in [0.3, 0.4) is 0 Å². The quantitative estimate of drug-likeness (QED) is 0.0947. The van der Waals surface area contributed by atoms with Gasteiger partial charge in [0.05, 0.1) is 12.1 Å². The van der Waals surface area contributed by atoms with Crippen molar-refractivity contribution >= 4 is 21.5 Å². The monoisotopic (exact) mass is 799 g/mol. The minimum atomic E-state index is -1.50. The standard InChI is InChI=1S/C46H40F6N.BrH/c47-39-21-29(22-40(48)45(39)51)35-19-27-11-7-9-17-33(27)43-37(35)25-53(31-13-3-1-4-14-31,32-15-5-2-6-16-32)26-38-36(30-23-41(49)46(52)42(50)24-30)20-28-12-8-10-18-34(28)44(38)43;/h7-12,17-24,31-32H,1-6,13-16,25-26H2;1H/q+1;/p-1. The molecule has 0 N–H and O–H groups in total. The molecule has 0 atom stereocenters. The van der Waals surface area contributed by atoms with Gasteiger partial charge < -0.3 is 21.5 Å². The summed E-state index contributed by atoms with van der Waals surface area (Å²) in [6.45, 7) is 1.14. The molecule has 0 unspecified atom stereocenters. The van der Waals surface area contributed by atoms with Crippen molar-refractivity contribution in [1.82, 2.24) is 0 Å². The van der Waals surface area contributed by atoms with Gasteiger partial charge >= 0.3 is 0 Å². The van der Waals surface area contributed by atoms with Gasteiger partial charge in [0.15, 0.2) is 34.9 Å². The van der Waals surface area contributed by atoms with Crippen LogP contribution >= 0.6 is 0 Å². The van der Waals surface area contributed by atoms with Gasteiger partial charge in [-0.25, -0.2) is 26.3 Å². The van der Waals surface area contributed by atoms with E-state index in [0.29, 0.717) is 28.7 Å². The van der Waals surface area contributed by atoms with Crippen LogP contribution in [0.25, 0.3) is 54.9 Å². The molecule has 3 aliphatic rings. The zero-order valence-corrected chi connectivity index (χ0v) is 31.4. The third-order valence-electron chi connectivity index (χ3n) is 12.7. The first-order chi connectivity index (χ1) is 25.7. The van der Waals surface area contributed by atoms with Crippen molar-refractivity contribution in [2.75, 3.05) is 0 Å². The number of hydrogen-bond acceptors (Lipinski definition) is 0. The van der Waals surface area contributed by atoms with Crippen LogP contribution in [0.15, 0.2) is 84.9 Å². The molecular weight excluding hydrogens is 760 g/mol. The molecule has 2 aliphatic carbocycles. The summed E-state index contributed by atoms with van der Waals surface area (Å²) in [7, 11) is 0. The maximum Gasteiger partial charge on any atom is 0.194 e. The van der Waals surface area contributed by atoms with E-state index in [0.717, 1.165) is 132 Å². The Bertz CT molecular complexity index is 2200. The third kappa shape index (κ3) is 6.04. The van der Waals surface area contributed by atoms with Crippen molar-refractivity contribution in [2.45, 2.75) is 89.4 Å². The zero-order valence-electron chi connectivity index (χ0n) is 29.8. The van der Waals surface area contributed by atoms with Gasteiger partial charge in [0.25, 0.3) is 0 Å². The van der Waals surface area contributed by atoms with Crippen LogP contribution in [0, 0.1) is 34.9 Å². The summed E-state index contributed by atoms with van der Waals surface area (Å²) in [6.07, 6.45) is 10.8. The topological polar surface area (TPSA) is 0 Å². The largest absolute Gasteiger partial charge is 1.00 e. The van der Waals surface area contributed by atoms with E-state index in [1.807, 2.05) is 48.5 Å². The number of hydrogen-bond donors (Lipinski definition) is 0. The van der Waals surface area contributed by atoms with E-state index in [4.69, 9.17) is 0 Å². The van der Waals surface area contributed by atoms with Crippen LogP contribution in [0.2, 0.25) is 0 Å². The average molecular weight is 801 g/mol. The van der Waals surface area contributed by atoms with Crippen molar-refractivity contribution in [3.63, 3.8) is 0 Å². The first kappa shape index (κ1) is 36.8. The molecule has 2 saturated carbocycles. The summed E-state index contributed by atoms with van der Waals surface area (Å²) < 4.78 is 90.4. The number of benzene rings is 6. The molecule has 278 valence electrons. The second-order valence-corrected chi connectivity index (χ2v) is 15.5. The Balaban J connectivity index is 0.00000413. The molecule has 0 bridgehead atoms. The zero-order chi connectivity index (χ0) is 36.4. The molecule has 0 saturated heterocycles. The van der Waals surface area contributed by atoms with Crippen molar-refractivity contribution < 1.29 is 47.8 Å².